The van der Waals surface area contributed by atoms with E-state index < -0.39 is 17.9 Å². The summed E-state index contributed by atoms with van der Waals surface area (Å²) in [6.07, 6.45) is 9.09. The quantitative estimate of drug-likeness (QED) is 0.208. The van der Waals surface area contributed by atoms with E-state index in [-0.39, 0.29) is 11.6 Å². The number of aromatic carboxylic acids is 1. The first-order valence-corrected chi connectivity index (χ1v) is 13.4. The molecule has 0 bridgehead atoms. The van der Waals surface area contributed by atoms with Gasteiger partial charge in [0.15, 0.2) is 0 Å². The number of H-pyrrole nitrogens is 1. The van der Waals surface area contributed by atoms with Gasteiger partial charge in [0.25, 0.3) is 5.91 Å². The van der Waals surface area contributed by atoms with Gasteiger partial charge in [-0.1, -0.05) is 19.3 Å². The summed E-state index contributed by atoms with van der Waals surface area (Å²) in [4.78, 5) is 44.9. The second-order valence-electron chi connectivity index (χ2n) is 10.3. The third-order valence-electron chi connectivity index (χ3n) is 7.53. The van der Waals surface area contributed by atoms with Crippen molar-refractivity contribution < 1.29 is 23.9 Å². The molecule has 3 heterocycles. The lowest BCUT2D eigenvalue weighted by Crippen LogP contribution is -2.41. The van der Waals surface area contributed by atoms with Gasteiger partial charge in [-0.2, -0.15) is 0 Å². The highest BCUT2D eigenvalue weighted by molar-refractivity contribution is 6.03. The maximum absolute atomic E-state index is 13.1. The van der Waals surface area contributed by atoms with Crippen LogP contribution in [0.15, 0.2) is 65.5 Å². The van der Waals surface area contributed by atoms with E-state index >= 15 is 0 Å². The van der Waals surface area contributed by atoms with Crippen LogP contribution in [0.1, 0.15) is 65.9 Å². The molecule has 1 saturated carbocycles. The van der Waals surface area contributed by atoms with Crippen molar-refractivity contribution in [3.05, 3.63) is 72.3 Å². The van der Waals surface area contributed by atoms with Gasteiger partial charge in [-0.3, -0.25) is 9.59 Å². The number of fused-ring (bicyclic) bond motifs is 2. The monoisotopic (exact) mass is 539 g/mol. The maximum Gasteiger partial charge on any atom is 0.352 e. The van der Waals surface area contributed by atoms with Crippen molar-refractivity contribution in [1.82, 2.24) is 19.9 Å². The Morgan fingerprint density at radius 3 is 2.65 bits per heavy atom. The van der Waals surface area contributed by atoms with Crippen LogP contribution < -0.4 is 10.6 Å². The minimum absolute atomic E-state index is 0.0662. The molecule has 0 radical (unpaired) electrons. The van der Waals surface area contributed by atoms with Crippen molar-refractivity contribution in [3.63, 3.8) is 0 Å². The molecule has 6 rings (SSSR count). The lowest BCUT2D eigenvalue weighted by Gasteiger charge is -2.25. The molecule has 1 aliphatic carbocycles. The summed E-state index contributed by atoms with van der Waals surface area (Å²) in [7, 11) is 0. The minimum atomic E-state index is -1.06. The molecule has 3 aromatic heterocycles. The fourth-order valence-corrected chi connectivity index (χ4v) is 5.47. The second-order valence-corrected chi connectivity index (χ2v) is 10.3. The van der Waals surface area contributed by atoms with Crippen LogP contribution in [0, 0.1) is 0 Å². The van der Waals surface area contributed by atoms with Gasteiger partial charge in [0.1, 0.15) is 23.8 Å². The molecule has 1 aliphatic rings. The van der Waals surface area contributed by atoms with Crippen LogP contribution in [-0.2, 0) is 4.79 Å². The Kier molecular flexibility index (Phi) is 6.59. The number of hydrogen-bond donors (Lipinski definition) is 4. The molecule has 4 N–H and O–H groups in total. The summed E-state index contributed by atoms with van der Waals surface area (Å²) < 4.78 is 7.60. The lowest BCUT2D eigenvalue weighted by atomic mass is 9.95. The molecule has 1 atom stereocenters. The van der Waals surface area contributed by atoms with Gasteiger partial charge in [0, 0.05) is 28.2 Å². The highest BCUT2D eigenvalue weighted by Crippen LogP contribution is 2.36. The lowest BCUT2D eigenvalue weighted by molar-refractivity contribution is -0.117. The van der Waals surface area contributed by atoms with E-state index in [9.17, 15) is 19.5 Å². The number of carboxylic acids is 1. The molecule has 5 aromatic rings. The first-order valence-electron chi connectivity index (χ1n) is 13.4. The predicted molar refractivity (Wildman–Crippen MR) is 150 cm³/mol. The van der Waals surface area contributed by atoms with Crippen molar-refractivity contribution in [2.45, 2.75) is 51.1 Å². The van der Waals surface area contributed by atoms with Crippen LogP contribution in [0.4, 0.5) is 5.69 Å². The van der Waals surface area contributed by atoms with Crippen LogP contribution in [-0.4, -0.2) is 43.5 Å². The molecule has 2 aromatic carbocycles. The fourth-order valence-electron chi connectivity index (χ4n) is 5.47. The van der Waals surface area contributed by atoms with Gasteiger partial charge in [0.2, 0.25) is 5.91 Å². The summed E-state index contributed by atoms with van der Waals surface area (Å²) in [6, 6.07) is 13.4. The van der Waals surface area contributed by atoms with E-state index in [0.717, 1.165) is 29.7 Å². The van der Waals surface area contributed by atoms with Crippen molar-refractivity contribution in [2.24, 2.45) is 0 Å². The Labute approximate surface area is 229 Å². The van der Waals surface area contributed by atoms with E-state index in [1.54, 1.807) is 49.8 Å². The number of nitrogens with zero attached hydrogens (tertiary/aromatic N) is 2. The molecule has 1 fully saturated rings. The number of nitrogens with one attached hydrogen (secondary N) is 3. The number of carboxylic acid groups (broad SMARTS) is 1. The van der Waals surface area contributed by atoms with Gasteiger partial charge in [0.05, 0.1) is 22.9 Å². The average molecular weight is 540 g/mol. The maximum atomic E-state index is 13.1. The highest BCUT2D eigenvalue weighted by Gasteiger charge is 2.24. The van der Waals surface area contributed by atoms with Gasteiger partial charge in [-0.15, -0.1) is 0 Å². The van der Waals surface area contributed by atoms with E-state index in [1.165, 1.54) is 25.3 Å². The molecule has 0 aliphatic heterocycles. The summed E-state index contributed by atoms with van der Waals surface area (Å²) in [6.45, 7) is 1.61. The molecule has 10 heteroatoms. The summed E-state index contributed by atoms with van der Waals surface area (Å²) in [5, 5.41) is 15.4. The Balaban J connectivity index is 1.19. The van der Waals surface area contributed by atoms with Crippen molar-refractivity contribution in [2.75, 3.05) is 5.32 Å². The Hall–Kier alpha value is -4.86. The number of imidazole rings is 1. The number of anilines is 1. The van der Waals surface area contributed by atoms with E-state index in [1.807, 2.05) is 12.1 Å². The average Bonchev–Trinajstić information content (AvgIpc) is 3.71. The number of furan rings is 1. The molecule has 0 spiro atoms. The highest BCUT2D eigenvalue weighted by atomic mass is 16.4. The van der Waals surface area contributed by atoms with Crippen LogP contribution >= 0.6 is 0 Å². The predicted octanol–water partition coefficient (Wildman–Crippen LogP) is 5.74. The largest absolute Gasteiger partial charge is 0.477 e. The number of amides is 2. The minimum Gasteiger partial charge on any atom is -0.477 e. The molecule has 0 saturated heterocycles. The molecule has 10 nitrogen and oxygen atoms in total. The SMILES string of the molecule is C[C@@H](NC(=O)c1ccc2c(c1)nc(-c1ccoc1)n2C1CCCCC1)C(=O)Nc1ccc2[nH]c(C(=O)O)cc2c1. The third kappa shape index (κ3) is 4.84. The van der Waals surface area contributed by atoms with Crippen molar-refractivity contribution >= 4 is 45.4 Å². The molecule has 0 unspecified atom stereocenters. The van der Waals surface area contributed by atoms with Gasteiger partial charge < -0.3 is 29.7 Å². The van der Waals surface area contributed by atoms with Crippen LogP contribution in [0.25, 0.3) is 33.3 Å². The molecular weight excluding hydrogens is 510 g/mol. The fraction of sp³-hybridized carbons (Fsp3) is 0.267. The number of aromatic amines is 1. The molecule has 40 heavy (non-hydrogen) atoms. The topological polar surface area (TPSA) is 142 Å². The Morgan fingerprint density at radius 1 is 1.07 bits per heavy atom. The first-order chi connectivity index (χ1) is 19.4. The first kappa shape index (κ1) is 25.4. The molecule has 2 amide bonds. The number of hydrogen-bond acceptors (Lipinski definition) is 5. The Bertz CT molecular complexity index is 1730. The van der Waals surface area contributed by atoms with Gasteiger partial charge >= 0.3 is 5.97 Å². The zero-order valence-electron chi connectivity index (χ0n) is 21.9. The number of benzene rings is 2. The van der Waals surface area contributed by atoms with Crippen LogP contribution in [0.3, 0.4) is 0 Å². The van der Waals surface area contributed by atoms with E-state index in [0.29, 0.717) is 33.7 Å². The summed E-state index contributed by atoms with van der Waals surface area (Å²) in [5.41, 5.74) is 4.20. The number of rotatable bonds is 7. The zero-order valence-corrected chi connectivity index (χ0v) is 21.9. The number of aromatic nitrogens is 3. The summed E-state index contributed by atoms with van der Waals surface area (Å²) in [5.74, 6) is -1.01. The van der Waals surface area contributed by atoms with Gasteiger partial charge in [-0.25, -0.2) is 9.78 Å². The van der Waals surface area contributed by atoms with E-state index in [2.05, 4.69) is 20.2 Å². The third-order valence-corrected chi connectivity index (χ3v) is 7.53. The number of carbonyl (C=O) groups is 3. The molecular formula is C30H29N5O5. The van der Waals surface area contributed by atoms with E-state index in [4.69, 9.17) is 9.40 Å². The van der Waals surface area contributed by atoms with Gasteiger partial charge in [-0.05, 0) is 68.3 Å². The zero-order chi connectivity index (χ0) is 27.8. The van der Waals surface area contributed by atoms with Crippen LogP contribution in [0.5, 0.6) is 0 Å². The summed E-state index contributed by atoms with van der Waals surface area (Å²) >= 11 is 0. The smallest absolute Gasteiger partial charge is 0.352 e. The molecule has 204 valence electrons. The van der Waals surface area contributed by atoms with Crippen LogP contribution in [0.2, 0.25) is 0 Å². The Morgan fingerprint density at radius 2 is 1.90 bits per heavy atom. The standard InChI is InChI=1S/C30H29N5O5/c1-17(28(36)32-21-8-9-23-20(13-21)15-25(33-23)30(38)39)31-29(37)18-7-10-26-24(14-18)34-27(19-11-12-40-16-19)35(26)22-5-3-2-4-6-22/h7-17,22,33H,2-6H2,1H3,(H,31,37)(H,32,36)(H,38,39)/t17-/m1/s1. The second kappa shape index (κ2) is 10.4. The normalized spacial score (nSPS) is 14.8. The van der Waals surface area contributed by atoms with Crippen molar-refractivity contribution in [3.8, 4) is 11.4 Å². The van der Waals surface area contributed by atoms with Crippen molar-refractivity contribution in [1.29, 1.82) is 0 Å². The number of carbonyl (C=O) groups excluding carboxylic acids is 2.